The second kappa shape index (κ2) is 7.97. The smallest absolute Gasteiger partial charge is 0.228 e. The Bertz CT molecular complexity index is 901. The van der Waals surface area contributed by atoms with Gasteiger partial charge in [0.1, 0.15) is 6.23 Å². The van der Waals surface area contributed by atoms with Crippen LogP contribution in [-0.4, -0.2) is 36.5 Å². The van der Waals surface area contributed by atoms with Crippen LogP contribution in [0.2, 0.25) is 0 Å². The molecule has 0 radical (unpaired) electrons. The van der Waals surface area contributed by atoms with Crippen LogP contribution in [0.15, 0.2) is 54.6 Å². The maximum Gasteiger partial charge on any atom is 0.228 e. The molecular formula is C23H27N3O3. The van der Waals surface area contributed by atoms with Crippen molar-refractivity contribution in [2.24, 2.45) is 0 Å². The van der Waals surface area contributed by atoms with E-state index in [-0.39, 0.29) is 36.2 Å². The fraction of sp³-hybridized carbons (Fsp3) is 0.391. The van der Waals surface area contributed by atoms with Crippen LogP contribution in [0.4, 0.5) is 11.4 Å². The van der Waals surface area contributed by atoms with Gasteiger partial charge in [-0.1, -0.05) is 42.5 Å². The topological polar surface area (TPSA) is 61.9 Å². The number of amides is 2. The Hall–Kier alpha value is -2.70. The maximum atomic E-state index is 13.3. The Kier molecular flexibility index (Phi) is 5.39. The number of hydrogen-bond donors (Lipinski definition) is 1. The molecule has 0 saturated carbocycles. The Balaban J connectivity index is 1.51. The summed E-state index contributed by atoms with van der Waals surface area (Å²) < 4.78 is 6.05. The maximum absolute atomic E-state index is 13.3. The number of nitrogens with zero attached hydrogens (tertiary/aromatic N) is 2. The average molecular weight is 393 g/mol. The molecule has 0 aliphatic carbocycles. The number of para-hydroxylation sites is 2. The molecule has 4 atom stereocenters. The van der Waals surface area contributed by atoms with Crippen LogP contribution in [-0.2, 0) is 14.3 Å². The van der Waals surface area contributed by atoms with Gasteiger partial charge in [-0.3, -0.25) is 14.9 Å². The molecule has 1 fully saturated rings. The van der Waals surface area contributed by atoms with Gasteiger partial charge in [0, 0.05) is 25.9 Å². The molecule has 1 saturated heterocycles. The van der Waals surface area contributed by atoms with Gasteiger partial charge in [0.2, 0.25) is 11.8 Å². The van der Waals surface area contributed by atoms with Crippen LogP contribution in [0.25, 0.3) is 0 Å². The lowest BCUT2D eigenvalue weighted by atomic mass is 10.0. The predicted octanol–water partition coefficient (Wildman–Crippen LogP) is 3.24. The molecule has 152 valence electrons. The second-order valence-electron chi connectivity index (χ2n) is 7.84. The zero-order chi connectivity index (χ0) is 20.5. The normalized spacial score (nSPS) is 26.3. The minimum Gasteiger partial charge on any atom is -0.354 e. The highest BCUT2D eigenvalue weighted by Crippen LogP contribution is 2.36. The van der Waals surface area contributed by atoms with Crippen LogP contribution in [0, 0.1) is 0 Å². The van der Waals surface area contributed by atoms with Crippen molar-refractivity contribution in [1.29, 1.82) is 0 Å². The summed E-state index contributed by atoms with van der Waals surface area (Å²) in [7, 11) is 0. The van der Waals surface area contributed by atoms with Crippen LogP contribution in [0.3, 0.4) is 0 Å². The largest absolute Gasteiger partial charge is 0.354 e. The molecule has 0 spiro atoms. The van der Waals surface area contributed by atoms with Crippen molar-refractivity contribution in [3.8, 4) is 0 Å². The summed E-state index contributed by atoms with van der Waals surface area (Å²) in [6, 6.07) is 17.4. The Morgan fingerprint density at radius 1 is 1.03 bits per heavy atom. The van der Waals surface area contributed by atoms with Gasteiger partial charge in [-0.25, -0.2) is 0 Å². The number of carbonyl (C=O) groups is 2. The van der Waals surface area contributed by atoms with Gasteiger partial charge in [-0.05, 0) is 31.5 Å². The zero-order valence-electron chi connectivity index (χ0n) is 17.0. The van der Waals surface area contributed by atoms with Crippen molar-refractivity contribution in [2.75, 3.05) is 16.3 Å². The van der Waals surface area contributed by atoms with Crippen LogP contribution in [0.1, 0.15) is 39.0 Å². The standard InChI is InChI=1S/C23H27N3O3/c1-15-14-25(20-11-7-8-12-21(20)26(15)17(3)27)22(28)13-19-16(2)29-23(24-19)18-9-5-4-6-10-18/h4-12,15-16,19,23-24H,13-14H2,1-3H3/t15-,16?,19?,23?/m0/s1. The molecule has 2 amide bonds. The highest BCUT2D eigenvalue weighted by atomic mass is 16.5. The molecule has 3 unspecified atom stereocenters. The molecule has 1 N–H and O–H groups in total. The van der Waals surface area contributed by atoms with Gasteiger partial charge < -0.3 is 14.5 Å². The Morgan fingerprint density at radius 2 is 1.69 bits per heavy atom. The molecule has 6 heteroatoms. The van der Waals surface area contributed by atoms with Crippen molar-refractivity contribution in [1.82, 2.24) is 5.32 Å². The van der Waals surface area contributed by atoms with Gasteiger partial charge in [-0.2, -0.15) is 0 Å². The van der Waals surface area contributed by atoms with Crippen molar-refractivity contribution in [3.63, 3.8) is 0 Å². The van der Waals surface area contributed by atoms with Crippen molar-refractivity contribution < 1.29 is 14.3 Å². The molecule has 0 bridgehead atoms. The van der Waals surface area contributed by atoms with Crippen LogP contribution in [0.5, 0.6) is 0 Å². The summed E-state index contributed by atoms with van der Waals surface area (Å²) in [5, 5.41) is 3.45. The van der Waals surface area contributed by atoms with Crippen molar-refractivity contribution >= 4 is 23.2 Å². The lowest BCUT2D eigenvalue weighted by Crippen LogP contribution is -2.52. The van der Waals surface area contributed by atoms with E-state index in [1.165, 1.54) is 0 Å². The van der Waals surface area contributed by atoms with E-state index < -0.39 is 0 Å². The van der Waals surface area contributed by atoms with E-state index in [9.17, 15) is 9.59 Å². The highest BCUT2D eigenvalue weighted by molar-refractivity contribution is 6.04. The summed E-state index contributed by atoms with van der Waals surface area (Å²) in [6.07, 6.45) is 0.0612. The number of carbonyl (C=O) groups excluding carboxylic acids is 2. The first-order valence-electron chi connectivity index (χ1n) is 10.1. The Labute approximate surface area is 171 Å². The van der Waals surface area contributed by atoms with Crippen LogP contribution < -0.4 is 15.1 Å². The molecule has 2 aliphatic heterocycles. The van der Waals surface area contributed by atoms with Gasteiger partial charge in [0.25, 0.3) is 0 Å². The van der Waals surface area contributed by atoms with E-state index in [0.29, 0.717) is 13.0 Å². The van der Waals surface area contributed by atoms with E-state index in [2.05, 4.69) is 5.32 Å². The minimum absolute atomic E-state index is 0.0118. The molecule has 0 aromatic heterocycles. The summed E-state index contributed by atoms with van der Waals surface area (Å²) >= 11 is 0. The first kappa shape index (κ1) is 19.6. The van der Waals surface area contributed by atoms with Gasteiger partial charge >= 0.3 is 0 Å². The molecule has 2 aromatic carbocycles. The summed E-state index contributed by atoms with van der Waals surface area (Å²) in [4.78, 5) is 29.0. The quantitative estimate of drug-likeness (QED) is 0.870. The number of nitrogens with one attached hydrogen (secondary N) is 1. The van der Waals surface area contributed by atoms with Gasteiger partial charge in [0.15, 0.2) is 0 Å². The third-order valence-electron chi connectivity index (χ3n) is 5.74. The van der Waals surface area contributed by atoms with E-state index in [1.54, 1.807) is 11.8 Å². The molecule has 6 nitrogen and oxygen atoms in total. The van der Waals surface area contributed by atoms with Gasteiger partial charge in [0.05, 0.1) is 23.5 Å². The number of benzene rings is 2. The monoisotopic (exact) mass is 393 g/mol. The Morgan fingerprint density at radius 3 is 2.38 bits per heavy atom. The van der Waals surface area contributed by atoms with Crippen molar-refractivity contribution in [3.05, 3.63) is 60.2 Å². The molecule has 2 aliphatic rings. The summed E-state index contributed by atoms with van der Waals surface area (Å²) in [5.41, 5.74) is 2.64. The summed E-state index contributed by atoms with van der Waals surface area (Å²) in [6.45, 7) is 6.02. The highest BCUT2D eigenvalue weighted by Gasteiger charge is 2.37. The van der Waals surface area contributed by atoms with E-state index in [4.69, 9.17) is 4.74 Å². The molecule has 4 rings (SSSR count). The van der Waals surface area contributed by atoms with E-state index >= 15 is 0 Å². The fourth-order valence-electron chi connectivity index (χ4n) is 4.30. The summed E-state index contributed by atoms with van der Waals surface area (Å²) in [5.74, 6) is 0.0244. The molecular weight excluding hydrogens is 366 g/mol. The first-order valence-corrected chi connectivity index (χ1v) is 10.1. The van der Waals surface area contributed by atoms with Gasteiger partial charge in [-0.15, -0.1) is 0 Å². The fourth-order valence-corrected chi connectivity index (χ4v) is 4.30. The lowest BCUT2D eigenvalue weighted by Gasteiger charge is -2.41. The average Bonchev–Trinajstić information content (AvgIpc) is 3.08. The number of anilines is 2. The van der Waals surface area contributed by atoms with E-state index in [0.717, 1.165) is 16.9 Å². The number of fused-ring (bicyclic) bond motifs is 1. The first-order chi connectivity index (χ1) is 14.0. The lowest BCUT2D eigenvalue weighted by molar-refractivity contribution is -0.120. The van der Waals surface area contributed by atoms with Crippen molar-refractivity contribution in [2.45, 2.75) is 51.6 Å². The van der Waals surface area contributed by atoms with E-state index in [1.807, 2.05) is 73.3 Å². The molecule has 2 heterocycles. The van der Waals surface area contributed by atoms with Crippen LogP contribution >= 0.6 is 0 Å². The SMILES string of the molecule is CC(=O)N1c2ccccc2N(C(=O)CC2NC(c3ccccc3)OC2C)C[C@@H]1C. The molecule has 2 aromatic rings. The third-order valence-corrected chi connectivity index (χ3v) is 5.74. The second-order valence-corrected chi connectivity index (χ2v) is 7.84. The number of hydrogen-bond acceptors (Lipinski definition) is 4. The minimum atomic E-state index is -0.204. The predicted molar refractivity (Wildman–Crippen MR) is 113 cm³/mol. The molecule has 29 heavy (non-hydrogen) atoms. The number of rotatable bonds is 3. The zero-order valence-corrected chi connectivity index (χ0v) is 17.0. The number of ether oxygens (including phenoxy) is 1. The third kappa shape index (κ3) is 3.78.